The third-order valence-electron chi connectivity index (χ3n) is 4.84. The molecule has 0 radical (unpaired) electrons. The van der Waals surface area contributed by atoms with Gasteiger partial charge in [-0.05, 0) is 30.5 Å². The summed E-state index contributed by atoms with van der Waals surface area (Å²) >= 11 is 1.54. The Balaban J connectivity index is 1.57. The molecule has 4 rings (SSSR count). The second kappa shape index (κ2) is 5.05. The maximum absolute atomic E-state index is 12.7. The van der Waals surface area contributed by atoms with Crippen LogP contribution in [0.15, 0.2) is 23.7 Å². The fourth-order valence-electron chi connectivity index (χ4n) is 3.53. The number of hydrogen-bond acceptors (Lipinski definition) is 4. The molecule has 3 heterocycles. The molecule has 2 saturated heterocycles. The first-order valence-corrected chi connectivity index (χ1v) is 8.39. The standard InChI is InChI=1S/C16H17N3O2S/c1-18-5-4-11-7-19(8-12(11)16(18)21)15(20)10-2-3-13-14(6-10)22-9-17-13/h2-3,6,9,11-12H,4-5,7-8H2,1H3. The summed E-state index contributed by atoms with van der Waals surface area (Å²) in [5, 5.41) is 0. The molecule has 2 atom stereocenters. The van der Waals surface area contributed by atoms with E-state index in [-0.39, 0.29) is 17.7 Å². The average Bonchev–Trinajstić information content (AvgIpc) is 3.16. The van der Waals surface area contributed by atoms with Crippen molar-refractivity contribution in [3.63, 3.8) is 0 Å². The SMILES string of the molecule is CN1CCC2CN(C(=O)c3ccc4ncsc4c3)CC2C1=O. The Morgan fingerprint density at radius 2 is 2.23 bits per heavy atom. The van der Waals surface area contributed by atoms with Crippen LogP contribution in [-0.4, -0.2) is 53.3 Å². The molecule has 1 aromatic heterocycles. The van der Waals surface area contributed by atoms with Gasteiger partial charge in [0.15, 0.2) is 0 Å². The smallest absolute Gasteiger partial charge is 0.253 e. The van der Waals surface area contributed by atoms with E-state index in [2.05, 4.69) is 4.98 Å². The van der Waals surface area contributed by atoms with Crippen LogP contribution < -0.4 is 0 Å². The van der Waals surface area contributed by atoms with Gasteiger partial charge in [-0.2, -0.15) is 0 Å². The van der Waals surface area contributed by atoms with Crippen molar-refractivity contribution >= 4 is 33.4 Å². The number of piperidine rings is 1. The number of benzene rings is 1. The van der Waals surface area contributed by atoms with E-state index in [1.54, 1.807) is 10.4 Å². The van der Waals surface area contributed by atoms with E-state index in [9.17, 15) is 9.59 Å². The van der Waals surface area contributed by atoms with Gasteiger partial charge in [-0.25, -0.2) is 4.98 Å². The molecule has 22 heavy (non-hydrogen) atoms. The molecule has 2 amide bonds. The van der Waals surface area contributed by atoms with Crippen molar-refractivity contribution in [1.82, 2.24) is 14.8 Å². The highest BCUT2D eigenvalue weighted by Crippen LogP contribution is 2.32. The summed E-state index contributed by atoms with van der Waals surface area (Å²) in [5.74, 6) is 0.513. The van der Waals surface area contributed by atoms with Crippen molar-refractivity contribution in [3.8, 4) is 0 Å². The summed E-state index contributed by atoms with van der Waals surface area (Å²) in [6, 6.07) is 5.63. The van der Waals surface area contributed by atoms with Crippen LogP contribution in [-0.2, 0) is 4.79 Å². The molecule has 0 aliphatic carbocycles. The van der Waals surface area contributed by atoms with Crippen molar-refractivity contribution in [2.24, 2.45) is 11.8 Å². The van der Waals surface area contributed by atoms with E-state index in [1.807, 2.05) is 30.1 Å². The summed E-state index contributed by atoms with van der Waals surface area (Å²) < 4.78 is 1.03. The van der Waals surface area contributed by atoms with Gasteiger partial charge in [0.1, 0.15) is 0 Å². The second-order valence-electron chi connectivity index (χ2n) is 6.16. The number of carbonyl (C=O) groups excluding carboxylic acids is 2. The first kappa shape index (κ1) is 13.7. The molecule has 0 spiro atoms. The van der Waals surface area contributed by atoms with Crippen LogP contribution in [0, 0.1) is 11.8 Å². The predicted molar refractivity (Wildman–Crippen MR) is 84.8 cm³/mol. The van der Waals surface area contributed by atoms with E-state index in [4.69, 9.17) is 0 Å². The highest BCUT2D eigenvalue weighted by molar-refractivity contribution is 7.16. The van der Waals surface area contributed by atoms with Crippen LogP contribution >= 0.6 is 11.3 Å². The number of hydrogen-bond donors (Lipinski definition) is 0. The number of fused-ring (bicyclic) bond motifs is 2. The number of rotatable bonds is 1. The van der Waals surface area contributed by atoms with Crippen LogP contribution in [0.2, 0.25) is 0 Å². The molecular weight excluding hydrogens is 298 g/mol. The Hall–Kier alpha value is -1.95. The molecule has 114 valence electrons. The van der Waals surface area contributed by atoms with Gasteiger partial charge in [-0.1, -0.05) is 0 Å². The highest BCUT2D eigenvalue weighted by atomic mass is 32.1. The Labute approximate surface area is 132 Å². The van der Waals surface area contributed by atoms with Crippen molar-refractivity contribution in [2.75, 3.05) is 26.7 Å². The highest BCUT2D eigenvalue weighted by Gasteiger charge is 2.43. The van der Waals surface area contributed by atoms with E-state index in [1.165, 1.54) is 11.3 Å². The minimum atomic E-state index is -0.0187. The van der Waals surface area contributed by atoms with Crippen LogP contribution in [0.4, 0.5) is 0 Å². The molecule has 0 N–H and O–H groups in total. The van der Waals surface area contributed by atoms with Gasteiger partial charge < -0.3 is 9.80 Å². The first-order valence-electron chi connectivity index (χ1n) is 7.51. The van der Waals surface area contributed by atoms with E-state index in [0.29, 0.717) is 24.6 Å². The quantitative estimate of drug-likeness (QED) is 0.807. The molecule has 0 bridgehead atoms. The monoisotopic (exact) mass is 315 g/mol. The fraction of sp³-hybridized carbons (Fsp3) is 0.438. The molecule has 2 fully saturated rings. The Morgan fingerprint density at radius 1 is 1.36 bits per heavy atom. The number of nitrogens with zero attached hydrogens (tertiary/aromatic N) is 3. The van der Waals surface area contributed by atoms with Crippen LogP contribution in [0.3, 0.4) is 0 Å². The van der Waals surface area contributed by atoms with Crippen molar-refractivity contribution in [3.05, 3.63) is 29.3 Å². The summed E-state index contributed by atoms with van der Waals surface area (Å²) in [6.45, 7) is 2.05. The van der Waals surface area contributed by atoms with Crippen LogP contribution in [0.1, 0.15) is 16.8 Å². The lowest BCUT2D eigenvalue weighted by Crippen LogP contribution is -2.42. The maximum atomic E-state index is 12.7. The zero-order valence-corrected chi connectivity index (χ0v) is 13.2. The summed E-state index contributed by atoms with van der Waals surface area (Å²) in [7, 11) is 1.85. The lowest BCUT2D eigenvalue weighted by molar-refractivity contribution is -0.137. The Bertz CT molecular complexity index is 757. The summed E-state index contributed by atoms with van der Waals surface area (Å²) in [5.41, 5.74) is 3.40. The molecule has 2 unspecified atom stereocenters. The first-order chi connectivity index (χ1) is 10.6. The molecule has 2 aliphatic rings. The molecule has 1 aromatic carbocycles. The Morgan fingerprint density at radius 3 is 3.09 bits per heavy atom. The number of amides is 2. The van der Waals surface area contributed by atoms with E-state index >= 15 is 0 Å². The van der Waals surface area contributed by atoms with Gasteiger partial charge in [-0.3, -0.25) is 9.59 Å². The molecule has 2 aromatic rings. The predicted octanol–water partition coefficient (Wildman–Crippen LogP) is 1.85. The van der Waals surface area contributed by atoms with Crippen molar-refractivity contribution in [1.29, 1.82) is 0 Å². The minimum Gasteiger partial charge on any atom is -0.345 e. The minimum absolute atomic E-state index is 0.0187. The van der Waals surface area contributed by atoms with Crippen LogP contribution in [0.25, 0.3) is 10.2 Å². The number of thiazole rings is 1. The third kappa shape index (κ3) is 2.09. The van der Waals surface area contributed by atoms with Gasteiger partial charge in [-0.15, -0.1) is 11.3 Å². The zero-order valence-electron chi connectivity index (χ0n) is 12.4. The van der Waals surface area contributed by atoms with Gasteiger partial charge in [0, 0.05) is 32.2 Å². The normalized spacial score (nSPS) is 24.9. The van der Waals surface area contributed by atoms with E-state index < -0.39 is 0 Å². The van der Waals surface area contributed by atoms with Crippen molar-refractivity contribution < 1.29 is 9.59 Å². The lowest BCUT2D eigenvalue weighted by atomic mass is 9.88. The lowest BCUT2D eigenvalue weighted by Gasteiger charge is -2.30. The number of likely N-dealkylation sites (tertiary alicyclic amines) is 2. The van der Waals surface area contributed by atoms with Gasteiger partial charge >= 0.3 is 0 Å². The average molecular weight is 315 g/mol. The third-order valence-corrected chi connectivity index (χ3v) is 5.63. The summed E-state index contributed by atoms with van der Waals surface area (Å²) in [4.78, 5) is 32.8. The molecule has 5 nitrogen and oxygen atoms in total. The summed E-state index contributed by atoms with van der Waals surface area (Å²) in [6.07, 6.45) is 0.991. The zero-order chi connectivity index (χ0) is 15.3. The van der Waals surface area contributed by atoms with Gasteiger partial charge in [0.05, 0.1) is 21.6 Å². The Kier molecular flexibility index (Phi) is 3.14. The van der Waals surface area contributed by atoms with Gasteiger partial charge in [0.25, 0.3) is 5.91 Å². The van der Waals surface area contributed by atoms with Gasteiger partial charge in [0.2, 0.25) is 5.91 Å². The van der Waals surface area contributed by atoms with Crippen molar-refractivity contribution in [2.45, 2.75) is 6.42 Å². The molecular formula is C16H17N3O2S. The number of carbonyl (C=O) groups is 2. The van der Waals surface area contributed by atoms with Crippen LogP contribution in [0.5, 0.6) is 0 Å². The second-order valence-corrected chi connectivity index (χ2v) is 7.05. The number of aromatic nitrogens is 1. The molecule has 6 heteroatoms. The topological polar surface area (TPSA) is 53.5 Å². The fourth-order valence-corrected chi connectivity index (χ4v) is 4.25. The largest absolute Gasteiger partial charge is 0.345 e. The molecule has 2 aliphatic heterocycles. The maximum Gasteiger partial charge on any atom is 0.253 e. The molecule has 0 saturated carbocycles. The van der Waals surface area contributed by atoms with E-state index in [0.717, 1.165) is 23.2 Å².